The average molecular weight is 298 g/mol. The molecule has 0 aliphatic rings. The van der Waals surface area contributed by atoms with Crippen LogP contribution in [0.4, 0.5) is 0 Å². The Labute approximate surface area is 126 Å². The maximum Gasteiger partial charge on any atom is 0.246 e. The van der Waals surface area contributed by atoms with E-state index in [0.29, 0.717) is 17.5 Å². The number of furan rings is 1. The van der Waals surface area contributed by atoms with Crippen molar-refractivity contribution in [1.82, 2.24) is 20.0 Å². The first-order valence-electron chi connectivity index (χ1n) is 6.66. The number of rotatable bonds is 5. The molecule has 0 aliphatic heterocycles. The average Bonchev–Trinajstić information content (AvgIpc) is 3.24. The Hall–Kier alpha value is -3.09. The van der Waals surface area contributed by atoms with E-state index in [1.165, 1.54) is 6.08 Å². The van der Waals surface area contributed by atoms with Gasteiger partial charge in [-0.3, -0.25) is 4.79 Å². The van der Waals surface area contributed by atoms with Gasteiger partial charge in [0.15, 0.2) is 0 Å². The third kappa shape index (κ3) is 3.14. The van der Waals surface area contributed by atoms with Crippen molar-refractivity contribution in [3.05, 3.63) is 54.5 Å². The Balaban J connectivity index is 1.57. The quantitative estimate of drug-likeness (QED) is 0.728. The second kappa shape index (κ2) is 6.13. The maximum absolute atomic E-state index is 11.7. The highest BCUT2D eigenvalue weighted by atomic mass is 16.5. The van der Waals surface area contributed by atoms with Gasteiger partial charge in [-0.05, 0) is 30.3 Å². The number of aromatic nitrogens is 3. The van der Waals surface area contributed by atoms with Gasteiger partial charge in [-0.2, -0.15) is 4.98 Å². The molecule has 0 bridgehead atoms. The Morgan fingerprint density at radius 3 is 3.05 bits per heavy atom. The van der Waals surface area contributed by atoms with E-state index in [4.69, 9.17) is 8.94 Å². The summed E-state index contributed by atoms with van der Waals surface area (Å²) >= 11 is 0. The number of carbonyl (C=O) groups is 1. The first-order valence-corrected chi connectivity index (χ1v) is 6.66. The van der Waals surface area contributed by atoms with Crippen molar-refractivity contribution in [3.63, 3.8) is 0 Å². The van der Waals surface area contributed by atoms with Gasteiger partial charge in [0.05, 0.1) is 18.5 Å². The standard InChI is InChI=1S/C15H14N4O3/c1-19-8-2-5-12(19)15-17-14(22-18-15)10-16-13(20)7-6-11-4-3-9-21-11/h2-9H,10H2,1H3,(H,16,20)/b7-6+. The van der Waals surface area contributed by atoms with Crippen molar-refractivity contribution >= 4 is 12.0 Å². The lowest BCUT2D eigenvalue weighted by atomic mass is 10.4. The van der Waals surface area contributed by atoms with Gasteiger partial charge in [0.25, 0.3) is 0 Å². The van der Waals surface area contributed by atoms with E-state index in [9.17, 15) is 4.79 Å². The highest BCUT2D eigenvalue weighted by molar-refractivity contribution is 5.91. The van der Waals surface area contributed by atoms with Crippen LogP contribution in [0.2, 0.25) is 0 Å². The zero-order valence-electron chi connectivity index (χ0n) is 11.9. The summed E-state index contributed by atoms with van der Waals surface area (Å²) in [4.78, 5) is 15.9. The molecule has 3 aromatic rings. The molecule has 0 saturated carbocycles. The monoisotopic (exact) mass is 298 g/mol. The molecule has 3 aromatic heterocycles. The molecule has 0 unspecified atom stereocenters. The summed E-state index contributed by atoms with van der Waals surface area (Å²) in [7, 11) is 1.90. The van der Waals surface area contributed by atoms with Crippen LogP contribution in [-0.4, -0.2) is 20.6 Å². The fraction of sp³-hybridized carbons (Fsp3) is 0.133. The van der Waals surface area contributed by atoms with Crippen molar-refractivity contribution in [2.24, 2.45) is 7.05 Å². The summed E-state index contributed by atoms with van der Waals surface area (Å²) in [5.41, 5.74) is 0.846. The fourth-order valence-electron chi connectivity index (χ4n) is 1.89. The normalized spacial score (nSPS) is 11.1. The number of nitrogens with zero attached hydrogens (tertiary/aromatic N) is 3. The van der Waals surface area contributed by atoms with Gasteiger partial charge in [-0.25, -0.2) is 0 Å². The summed E-state index contributed by atoms with van der Waals surface area (Å²) in [5.74, 6) is 1.17. The topological polar surface area (TPSA) is 86.1 Å². The number of carbonyl (C=O) groups excluding carboxylic acids is 1. The number of hydrogen-bond acceptors (Lipinski definition) is 5. The first-order chi connectivity index (χ1) is 10.7. The molecule has 22 heavy (non-hydrogen) atoms. The molecule has 0 spiro atoms. The summed E-state index contributed by atoms with van der Waals surface area (Å²) in [6, 6.07) is 7.29. The van der Waals surface area contributed by atoms with E-state index >= 15 is 0 Å². The Morgan fingerprint density at radius 1 is 1.41 bits per heavy atom. The third-order valence-electron chi connectivity index (χ3n) is 3.00. The molecule has 0 fully saturated rings. The Bertz CT molecular complexity index is 783. The van der Waals surface area contributed by atoms with E-state index < -0.39 is 0 Å². The Kier molecular flexibility index (Phi) is 3.86. The molecule has 1 N–H and O–H groups in total. The molecule has 0 radical (unpaired) electrons. The number of hydrogen-bond donors (Lipinski definition) is 1. The molecule has 3 heterocycles. The highest BCUT2D eigenvalue weighted by Gasteiger charge is 2.11. The van der Waals surface area contributed by atoms with Crippen molar-refractivity contribution < 1.29 is 13.7 Å². The van der Waals surface area contributed by atoms with Crippen LogP contribution in [0.25, 0.3) is 17.6 Å². The zero-order chi connectivity index (χ0) is 15.4. The van der Waals surface area contributed by atoms with Crippen molar-refractivity contribution in [2.45, 2.75) is 6.54 Å². The van der Waals surface area contributed by atoms with Crippen LogP contribution in [-0.2, 0) is 18.4 Å². The number of nitrogens with one attached hydrogen (secondary N) is 1. The van der Waals surface area contributed by atoms with E-state index in [1.54, 1.807) is 24.5 Å². The summed E-state index contributed by atoms with van der Waals surface area (Å²) in [6.07, 6.45) is 6.40. The molecule has 0 atom stereocenters. The molecule has 7 heteroatoms. The lowest BCUT2D eigenvalue weighted by molar-refractivity contribution is -0.116. The maximum atomic E-state index is 11.7. The second-order valence-electron chi connectivity index (χ2n) is 4.58. The Morgan fingerprint density at radius 2 is 2.32 bits per heavy atom. The van der Waals surface area contributed by atoms with Crippen LogP contribution in [0.15, 0.2) is 51.7 Å². The van der Waals surface area contributed by atoms with Gasteiger partial charge in [-0.15, -0.1) is 0 Å². The highest BCUT2D eigenvalue weighted by Crippen LogP contribution is 2.15. The first kappa shape index (κ1) is 13.9. The molecular formula is C15H14N4O3. The van der Waals surface area contributed by atoms with Crippen LogP contribution < -0.4 is 5.32 Å². The summed E-state index contributed by atoms with van der Waals surface area (Å²) < 4.78 is 12.1. The van der Waals surface area contributed by atoms with Crippen molar-refractivity contribution in [3.8, 4) is 11.5 Å². The number of aryl methyl sites for hydroxylation is 1. The van der Waals surface area contributed by atoms with Crippen LogP contribution in [0.5, 0.6) is 0 Å². The summed E-state index contributed by atoms with van der Waals surface area (Å²) in [5, 5.41) is 6.56. The van der Waals surface area contributed by atoms with Gasteiger partial charge in [0, 0.05) is 19.3 Å². The molecule has 3 rings (SSSR count). The lowest BCUT2D eigenvalue weighted by Gasteiger charge is -1.96. The van der Waals surface area contributed by atoms with Crippen LogP contribution >= 0.6 is 0 Å². The lowest BCUT2D eigenvalue weighted by Crippen LogP contribution is -2.20. The SMILES string of the molecule is Cn1cccc1-c1noc(CNC(=O)/C=C/c2ccco2)n1. The van der Waals surface area contributed by atoms with E-state index in [2.05, 4.69) is 15.5 Å². The van der Waals surface area contributed by atoms with Crippen LogP contribution in [0.1, 0.15) is 11.7 Å². The predicted octanol–water partition coefficient (Wildman–Crippen LogP) is 2.00. The van der Waals surface area contributed by atoms with Crippen molar-refractivity contribution in [2.75, 3.05) is 0 Å². The number of amides is 1. The minimum atomic E-state index is -0.269. The molecule has 112 valence electrons. The third-order valence-corrected chi connectivity index (χ3v) is 3.00. The van der Waals surface area contributed by atoms with E-state index in [-0.39, 0.29) is 12.5 Å². The minimum absolute atomic E-state index is 0.165. The molecule has 0 saturated heterocycles. The van der Waals surface area contributed by atoms with E-state index in [0.717, 1.165) is 5.69 Å². The molecule has 1 amide bonds. The van der Waals surface area contributed by atoms with Crippen LogP contribution in [0, 0.1) is 0 Å². The van der Waals surface area contributed by atoms with Gasteiger partial charge in [-0.1, -0.05) is 5.16 Å². The minimum Gasteiger partial charge on any atom is -0.465 e. The molecule has 7 nitrogen and oxygen atoms in total. The van der Waals surface area contributed by atoms with Crippen LogP contribution in [0.3, 0.4) is 0 Å². The van der Waals surface area contributed by atoms with Gasteiger partial charge < -0.3 is 18.8 Å². The molecule has 0 aromatic carbocycles. The zero-order valence-corrected chi connectivity index (χ0v) is 11.9. The molecule has 0 aliphatic carbocycles. The molecular weight excluding hydrogens is 284 g/mol. The van der Waals surface area contributed by atoms with Crippen molar-refractivity contribution in [1.29, 1.82) is 0 Å². The largest absolute Gasteiger partial charge is 0.465 e. The van der Waals surface area contributed by atoms with E-state index in [1.807, 2.05) is 29.9 Å². The summed E-state index contributed by atoms with van der Waals surface area (Å²) in [6.45, 7) is 0.165. The van der Waals surface area contributed by atoms with Gasteiger partial charge >= 0.3 is 0 Å². The van der Waals surface area contributed by atoms with Gasteiger partial charge in [0.1, 0.15) is 5.76 Å². The second-order valence-corrected chi connectivity index (χ2v) is 4.58. The smallest absolute Gasteiger partial charge is 0.246 e. The predicted molar refractivity (Wildman–Crippen MR) is 78.3 cm³/mol. The fourth-order valence-corrected chi connectivity index (χ4v) is 1.89. The van der Waals surface area contributed by atoms with Gasteiger partial charge in [0.2, 0.25) is 17.6 Å².